The SMILES string of the molecule is CNC(=O)NCCCCN1C[CH]CC1. The van der Waals surface area contributed by atoms with Crippen LogP contribution in [-0.4, -0.2) is 44.2 Å². The third kappa shape index (κ3) is 4.46. The van der Waals surface area contributed by atoms with E-state index in [1.165, 1.54) is 13.0 Å². The van der Waals surface area contributed by atoms with Gasteiger partial charge in [0.25, 0.3) is 0 Å². The molecule has 4 heteroatoms. The lowest BCUT2D eigenvalue weighted by molar-refractivity contribution is 0.242. The third-order valence-corrected chi connectivity index (χ3v) is 2.45. The van der Waals surface area contributed by atoms with E-state index in [1.807, 2.05) is 0 Å². The first-order chi connectivity index (χ1) is 6.83. The van der Waals surface area contributed by atoms with Crippen molar-refractivity contribution in [2.45, 2.75) is 19.3 Å². The lowest BCUT2D eigenvalue weighted by atomic mass is 10.3. The summed E-state index contributed by atoms with van der Waals surface area (Å²) in [7, 11) is 1.63. The number of amides is 2. The molecule has 2 amide bonds. The summed E-state index contributed by atoms with van der Waals surface area (Å²) in [6.07, 6.45) is 5.78. The van der Waals surface area contributed by atoms with Crippen LogP contribution in [0.2, 0.25) is 0 Å². The fourth-order valence-electron chi connectivity index (χ4n) is 1.59. The van der Waals surface area contributed by atoms with Crippen LogP contribution in [0.5, 0.6) is 0 Å². The molecular weight excluding hydrogens is 178 g/mol. The van der Waals surface area contributed by atoms with Crippen LogP contribution >= 0.6 is 0 Å². The van der Waals surface area contributed by atoms with Crippen LogP contribution < -0.4 is 10.6 Å². The number of hydrogen-bond donors (Lipinski definition) is 2. The maximum absolute atomic E-state index is 10.8. The van der Waals surface area contributed by atoms with Gasteiger partial charge in [0.2, 0.25) is 0 Å². The molecule has 0 spiro atoms. The van der Waals surface area contributed by atoms with Crippen molar-refractivity contribution in [1.82, 2.24) is 15.5 Å². The molecule has 0 bridgehead atoms. The number of urea groups is 1. The monoisotopic (exact) mass is 198 g/mol. The second-order valence-electron chi connectivity index (χ2n) is 3.59. The van der Waals surface area contributed by atoms with E-state index in [1.54, 1.807) is 7.05 Å². The van der Waals surface area contributed by atoms with Gasteiger partial charge in [0.1, 0.15) is 0 Å². The van der Waals surface area contributed by atoms with Gasteiger partial charge in [-0.25, -0.2) is 4.79 Å². The van der Waals surface area contributed by atoms with Gasteiger partial charge in [0, 0.05) is 20.1 Å². The summed E-state index contributed by atoms with van der Waals surface area (Å²) in [5, 5.41) is 5.31. The topological polar surface area (TPSA) is 44.4 Å². The molecule has 1 fully saturated rings. The molecule has 0 unspecified atom stereocenters. The predicted octanol–water partition coefficient (Wildman–Crippen LogP) is 0.606. The molecule has 1 aliphatic heterocycles. The van der Waals surface area contributed by atoms with Crippen LogP contribution in [0, 0.1) is 6.42 Å². The maximum Gasteiger partial charge on any atom is 0.314 e. The first-order valence-electron chi connectivity index (χ1n) is 5.32. The Bertz CT molecular complexity index is 167. The summed E-state index contributed by atoms with van der Waals surface area (Å²) in [6.45, 7) is 4.29. The summed E-state index contributed by atoms with van der Waals surface area (Å²) in [5.41, 5.74) is 0. The van der Waals surface area contributed by atoms with Gasteiger partial charge in [-0.2, -0.15) is 0 Å². The van der Waals surface area contributed by atoms with Crippen LogP contribution in [0.4, 0.5) is 4.79 Å². The Kier molecular flexibility index (Phi) is 5.37. The summed E-state index contributed by atoms with van der Waals surface area (Å²) in [4.78, 5) is 13.2. The molecule has 2 N–H and O–H groups in total. The van der Waals surface area contributed by atoms with Crippen molar-refractivity contribution in [2.24, 2.45) is 0 Å². The van der Waals surface area contributed by atoms with Gasteiger partial charge in [0.05, 0.1) is 0 Å². The van der Waals surface area contributed by atoms with Crippen molar-refractivity contribution in [2.75, 3.05) is 33.2 Å². The molecule has 1 heterocycles. The highest BCUT2D eigenvalue weighted by Gasteiger charge is 2.10. The van der Waals surface area contributed by atoms with Crippen LogP contribution in [0.1, 0.15) is 19.3 Å². The van der Waals surface area contributed by atoms with Gasteiger partial charge in [-0.05, 0) is 38.8 Å². The fraction of sp³-hybridized carbons (Fsp3) is 0.800. The molecule has 0 aromatic carbocycles. The highest BCUT2D eigenvalue weighted by Crippen LogP contribution is 2.06. The van der Waals surface area contributed by atoms with Gasteiger partial charge in [0.15, 0.2) is 0 Å². The number of carbonyl (C=O) groups excluding carboxylic acids is 1. The predicted molar refractivity (Wildman–Crippen MR) is 57.0 cm³/mol. The van der Waals surface area contributed by atoms with E-state index in [0.717, 1.165) is 32.5 Å². The molecule has 4 nitrogen and oxygen atoms in total. The molecule has 14 heavy (non-hydrogen) atoms. The zero-order valence-electron chi connectivity index (χ0n) is 8.88. The van der Waals surface area contributed by atoms with Gasteiger partial charge in [-0.1, -0.05) is 0 Å². The van der Waals surface area contributed by atoms with Crippen molar-refractivity contribution in [3.05, 3.63) is 6.42 Å². The largest absolute Gasteiger partial charge is 0.341 e. The fourth-order valence-corrected chi connectivity index (χ4v) is 1.59. The van der Waals surface area contributed by atoms with Gasteiger partial charge in [-0.15, -0.1) is 0 Å². The second kappa shape index (κ2) is 6.65. The maximum atomic E-state index is 10.8. The van der Waals surface area contributed by atoms with E-state index in [9.17, 15) is 4.79 Å². The van der Waals surface area contributed by atoms with Gasteiger partial charge < -0.3 is 15.5 Å². The summed E-state index contributed by atoms with van der Waals surface area (Å²) in [6, 6.07) is -0.0838. The Hall–Kier alpha value is -0.770. The lowest BCUT2D eigenvalue weighted by Gasteiger charge is -2.13. The molecular formula is C10H20N3O. The molecule has 0 aromatic heterocycles. The number of unbranched alkanes of at least 4 members (excludes halogenated alkanes) is 1. The molecule has 1 saturated heterocycles. The Labute approximate surface area is 86.0 Å². The first kappa shape index (κ1) is 11.3. The molecule has 0 atom stereocenters. The number of hydrogen-bond acceptors (Lipinski definition) is 2. The van der Waals surface area contributed by atoms with E-state index in [2.05, 4.69) is 22.0 Å². The molecule has 0 saturated carbocycles. The quantitative estimate of drug-likeness (QED) is 0.636. The number of likely N-dealkylation sites (tertiary alicyclic amines) is 1. The molecule has 1 rings (SSSR count). The first-order valence-corrected chi connectivity index (χ1v) is 5.32. The minimum Gasteiger partial charge on any atom is -0.341 e. The smallest absolute Gasteiger partial charge is 0.314 e. The molecule has 0 aromatic rings. The molecule has 1 aliphatic rings. The zero-order valence-corrected chi connectivity index (χ0v) is 8.88. The average molecular weight is 198 g/mol. The average Bonchev–Trinajstić information content (AvgIpc) is 2.69. The number of rotatable bonds is 5. The lowest BCUT2D eigenvalue weighted by Crippen LogP contribution is -2.33. The van der Waals surface area contributed by atoms with Crippen molar-refractivity contribution in [3.8, 4) is 0 Å². The highest BCUT2D eigenvalue weighted by molar-refractivity contribution is 5.73. The highest BCUT2D eigenvalue weighted by atomic mass is 16.2. The van der Waals surface area contributed by atoms with Crippen LogP contribution in [0.15, 0.2) is 0 Å². The number of nitrogens with zero attached hydrogens (tertiary/aromatic N) is 1. The Balaban J connectivity index is 1.86. The van der Waals surface area contributed by atoms with E-state index < -0.39 is 0 Å². The second-order valence-corrected chi connectivity index (χ2v) is 3.59. The van der Waals surface area contributed by atoms with Gasteiger partial charge in [-0.3, -0.25) is 0 Å². The van der Waals surface area contributed by atoms with E-state index >= 15 is 0 Å². The van der Waals surface area contributed by atoms with E-state index in [4.69, 9.17) is 0 Å². The van der Waals surface area contributed by atoms with Crippen molar-refractivity contribution < 1.29 is 4.79 Å². The number of carbonyl (C=O) groups is 1. The Morgan fingerprint density at radius 3 is 3.00 bits per heavy atom. The molecule has 81 valence electrons. The summed E-state index contributed by atoms with van der Waals surface area (Å²) >= 11 is 0. The third-order valence-electron chi connectivity index (χ3n) is 2.45. The Morgan fingerprint density at radius 1 is 1.50 bits per heavy atom. The van der Waals surface area contributed by atoms with Crippen LogP contribution in [0.3, 0.4) is 0 Å². The van der Waals surface area contributed by atoms with Crippen molar-refractivity contribution >= 4 is 6.03 Å². The summed E-state index contributed by atoms with van der Waals surface area (Å²) < 4.78 is 0. The minimum absolute atomic E-state index is 0.0838. The Morgan fingerprint density at radius 2 is 2.36 bits per heavy atom. The van der Waals surface area contributed by atoms with Crippen LogP contribution in [-0.2, 0) is 0 Å². The standard InChI is InChI=1S/C10H20N3O/c1-11-10(14)12-6-2-3-7-13-8-4-5-9-13/h4H,2-3,5-9H2,1H3,(H2,11,12,14). The van der Waals surface area contributed by atoms with Gasteiger partial charge >= 0.3 is 6.03 Å². The van der Waals surface area contributed by atoms with Crippen molar-refractivity contribution in [3.63, 3.8) is 0 Å². The van der Waals surface area contributed by atoms with E-state index in [0.29, 0.717) is 0 Å². The molecule has 1 radical (unpaired) electrons. The normalized spacial score (nSPS) is 16.9. The van der Waals surface area contributed by atoms with Crippen molar-refractivity contribution in [1.29, 1.82) is 0 Å². The molecule has 0 aliphatic carbocycles. The number of nitrogens with one attached hydrogen (secondary N) is 2. The van der Waals surface area contributed by atoms with E-state index in [-0.39, 0.29) is 6.03 Å². The zero-order chi connectivity index (χ0) is 10.2. The van der Waals surface area contributed by atoms with Crippen LogP contribution in [0.25, 0.3) is 0 Å². The minimum atomic E-state index is -0.0838. The summed E-state index contributed by atoms with van der Waals surface area (Å²) in [5.74, 6) is 0.